The molecule has 110 valence electrons. The van der Waals surface area contributed by atoms with Gasteiger partial charge in [-0.15, -0.1) is 11.3 Å². The van der Waals surface area contributed by atoms with E-state index in [2.05, 4.69) is 10.3 Å². The molecule has 1 aliphatic rings. The molecule has 0 spiro atoms. The number of rotatable bonds is 5. The van der Waals surface area contributed by atoms with Crippen LogP contribution >= 0.6 is 11.3 Å². The number of thiazole rings is 1. The van der Waals surface area contributed by atoms with Crippen LogP contribution in [0, 0.1) is 0 Å². The van der Waals surface area contributed by atoms with Gasteiger partial charge in [0.25, 0.3) is 0 Å². The Morgan fingerprint density at radius 1 is 1.60 bits per heavy atom. The maximum Gasteiger partial charge on any atom is 0.329 e. The van der Waals surface area contributed by atoms with Crippen molar-refractivity contribution in [2.75, 3.05) is 13.1 Å². The second-order valence-electron chi connectivity index (χ2n) is 4.85. The number of carbonyl (C=O) groups excluding carboxylic acids is 1. The zero-order valence-electron chi connectivity index (χ0n) is 11.5. The summed E-state index contributed by atoms with van der Waals surface area (Å²) < 4.78 is 0. The quantitative estimate of drug-likeness (QED) is 0.867. The van der Waals surface area contributed by atoms with Crippen LogP contribution in [0.15, 0.2) is 11.6 Å². The van der Waals surface area contributed by atoms with Crippen LogP contribution in [-0.2, 0) is 11.2 Å². The first-order valence-electron chi connectivity index (χ1n) is 6.77. The first kappa shape index (κ1) is 14.8. The van der Waals surface area contributed by atoms with Gasteiger partial charge < -0.3 is 15.3 Å². The van der Waals surface area contributed by atoms with Gasteiger partial charge >= 0.3 is 12.0 Å². The number of carboxylic acids is 1. The zero-order valence-corrected chi connectivity index (χ0v) is 12.3. The minimum absolute atomic E-state index is 0.289. The number of amides is 2. The van der Waals surface area contributed by atoms with E-state index < -0.39 is 11.5 Å². The molecule has 6 nitrogen and oxygen atoms in total. The monoisotopic (exact) mass is 297 g/mol. The summed E-state index contributed by atoms with van der Waals surface area (Å²) in [5.74, 6) is -0.910. The van der Waals surface area contributed by atoms with Crippen LogP contribution in [0.25, 0.3) is 0 Å². The molecule has 1 saturated heterocycles. The predicted molar refractivity (Wildman–Crippen MR) is 75.8 cm³/mol. The molecule has 1 atom stereocenters. The lowest BCUT2D eigenvalue weighted by molar-refractivity contribution is -0.148. The Morgan fingerprint density at radius 3 is 3.00 bits per heavy atom. The topological polar surface area (TPSA) is 82.5 Å². The molecule has 20 heavy (non-hydrogen) atoms. The second-order valence-corrected chi connectivity index (χ2v) is 5.83. The maximum absolute atomic E-state index is 12.2. The van der Waals surface area contributed by atoms with Gasteiger partial charge in [-0.1, -0.05) is 6.92 Å². The molecule has 1 aromatic heterocycles. The van der Waals surface area contributed by atoms with Crippen molar-refractivity contribution in [3.63, 3.8) is 0 Å². The lowest BCUT2D eigenvalue weighted by Gasteiger charge is -2.33. The number of aromatic nitrogens is 1. The van der Waals surface area contributed by atoms with Crippen molar-refractivity contribution in [1.29, 1.82) is 0 Å². The molecule has 1 unspecified atom stereocenters. The van der Waals surface area contributed by atoms with Gasteiger partial charge in [0.05, 0.1) is 5.01 Å². The van der Waals surface area contributed by atoms with Crippen molar-refractivity contribution in [3.05, 3.63) is 16.6 Å². The Bertz CT molecular complexity index is 477. The largest absolute Gasteiger partial charge is 0.479 e. The highest BCUT2D eigenvalue weighted by Gasteiger charge is 2.48. The molecule has 2 N–H and O–H groups in total. The summed E-state index contributed by atoms with van der Waals surface area (Å²) >= 11 is 1.55. The van der Waals surface area contributed by atoms with Gasteiger partial charge in [0, 0.05) is 31.1 Å². The first-order chi connectivity index (χ1) is 9.60. The molecule has 0 aliphatic carbocycles. The van der Waals surface area contributed by atoms with Crippen LogP contribution in [0.4, 0.5) is 4.79 Å². The van der Waals surface area contributed by atoms with Gasteiger partial charge in [0.15, 0.2) is 0 Å². The van der Waals surface area contributed by atoms with Crippen molar-refractivity contribution < 1.29 is 14.7 Å². The molecule has 1 aromatic rings. The number of nitrogens with one attached hydrogen (secondary N) is 1. The van der Waals surface area contributed by atoms with Crippen LogP contribution in [-0.4, -0.2) is 45.6 Å². The van der Waals surface area contributed by atoms with E-state index in [-0.39, 0.29) is 6.03 Å². The Morgan fingerprint density at radius 2 is 2.40 bits per heavy atom. The summed E-state index contributed by atoms with van der Waals surface area (Å²) in [5, 5.41) is 15.1. The fourth-order valence-corrected chi connectivity index (χ4v) is 3.28. The van der Waals surface area contributed by atoms with Gasteiger partial charge in [-0.25, -0.2) is 14.6 Å². The van der Waals surface area contributed by atoms with E-state index in [1.165, 1.54) is 4.90 Å². The van der Waals surface area contributed by atoms with Gasteiger partial charge in [-0.3, -0.25) is 0 Å². The van der Waals surface area contributed by atoms with E-state index in [9.17, 15) is 14.7 Å². The summed E-state index contributed by atoms with van der Waals surface area (Å²) in [5.41, 5.74) is -1.04. The second kappa shape index (κ2) is 6.21. The highest BCUT2D eigenvalue weighted by Crippen LogP contribution is 2.32. The molecule has 0 radical (unpaired) electrons. The standard InChI is InChI=1S/C13H19N3O3S/c1-2-13(11(17)18)5-3-8-16(13)12(19)15-6-4-10-14-7-9-20-10/h7,9H,2-6,8H2,1H3,(H,15,19)(H,17,18). The van der Waals surface area contributed by atoms with E-state index >= 15 is 0 Å². The highest BCUT2D eigenvalue weighted by atomic mass is 32.1. The van der Waals surface area contributed by atoms with Crippen LogP contribution in [0.2, 0.25) is 0 Å². The van der Waals surface area contributed by atoms with Crippen LogP contribution in [0.5, 0.6) is 0 Å². The molecule has 2 heterocycles. The van der Waals surface area contributed by atoms with E-state index in [4.69, 9.17) is 0 Å². The Labute approximate surface area is 121 Å². The molecule has 1 fully saturated rings. The fourth-order valence-electron chi connectivity index (χ4n) is 2.66. The van der Waals surface area contributed by atoms with E-state index in [0.29, 0.717) is 32.4 Å². The predicted octanol–water partition coefficient (Wildman–Crippen LogP) is 1.72. The molecule has 0 aromatic carbocycles. The van der Waals surface area contributed by atoms with Gasteiger partial charge in [0.2, 0.25) is 0 Å². The summed E-state index contributed by atoms with van der Waals surface area (Å²) in [6.45, 7) is 2.79. The first-order valence-corrected chi connectivity index (χ1v) is 7.65. The molecule has 0 saturated carbocycles. The lowest BCUT2D eigenvalue weighted by Crippen LogP contribution is -2.55. The third-order valence-corrected chi connectivity index (χ3v) is 4.65. The summed E-state index contributed by atoms with van der Waals surface area (Å²) in [7, 11) is 0. The molecule has 2 rings (SSSR count). The molecular formula is C13H19N3O3S. The van der Waals surface area contributed by atoms with E-state index in [0.717, 1.165) is 11.4 Å². The Balaban J connectivity index is 1.92. The zero-order chi connectivity index (χ0) is 14.6. The smallest absolute Gasteiger partial charge is 0.329 e. The summed E-state index contributed by atoms with van der Waals surface area (Å²) in [6.07, 6.45) is 4.10. The number of hydrogen-bond donors (Lipinski definition) is 2. The van der Waals surface area contributed by atoms with Crippen LogP contribution < -0.4 is 5.32 Å². The van der Waals surface area contributed by atoms with Crippen LogP contribution in [0.3, 0.4) is 0 Å². The van der Waals surface area contributed by atoms with Gasteiger partial charge in [-0.05, 0) is 19.3 Å². The van der Waals surface area contributed by atoms with Crippen molar-refractivity contribution in [3.8, 4) is 0 Å². The molecule has 2 amide bonds. The molecular weight excluding hydrogens is 278 g/mol. The van der Waals surface area contributed by atoms with Gasteiger partial charge in [0.1, 0.15) is 5.54 Å². The number of likely N-dealkylation sites (tertiary alicyclic amines) is 1. The van der Waals surface area contributed by atoms with Crippen molar-refractivity contribution in [2.45, 2.75) is 38.1 Å². The highest BCUT2D eigenvalue weighted by molar-refractivity contribution is 7.09. The number of urea groups is 1. The fraction of sp³-hybridized carbons (Fsp3) is 0.615. The molecule has 7 heteroatoms. The van der Waals surface area contributed by atoms with Crippen molar-refractivity contribution in [2.24, 2.45) is 0 Å². The normalized spacial score (nSPS) is 21.9. The number of carbonyl (C=O) groups is 2. The average molecular weight is 297 g/mol. The molecule has 0 bridgehead atoms. The van der Waals surface area contributed by atoms with Crippen molar-refractivity contribution in [1.82, 2.24) is 15.2 Å². The van der Waals surface area contributed by atoms with Gasteiger partial charge in [-0.2, -0.15) is 0 Å². The summed E-state index contributed by atoms with van der Waals surface area (Å²) in [6, 6.07) is -0.289. The third-order valence-electron chi connectivity index (χ3n) is 3.82. The number of aliphatic carboxylic acids is 1. The SMILES string of the molecule is CCC1(C(=O)O)CCCN1C(=O)NCCc1nccs1. The van der Waals surface area contributed by atoms with E-state index in [1.54, 1.807) is 17.5 Å². The summed E-state index contributed by atoms with van der Waals surface area (Å²) in [4.78, 5) is 29.3. The third kappa shape index (κ3) is 2.77. The minimum Gasteiger partial charge on any atom is -0.479 e. The van der Waals surface area contributed by atoms with E-state index in [1.807, 2.05) is 12.3 Å². The number of nitrogens with zero attached hydrogens (tertiary/aromatic N) is 2. The average Bonchev–Trinajstić information content (AvgIpc) is 3.07. The Hall–Kier alpha value is -1.63. The molecule has 1 aliphatic heterocycles. The minimum atomic E-state index is -1.04. The number of hydrogen-bond acceptors (Lipinski definition) is 4. The Kier molecular flexibility index (Phi) is 4.59. The van der Waals surface area contributed by atoms with Crippen molar-refractivity contribution >= 4 is 23.3 Å². The maximum atomic E-state index is 12.2. The van der Waals surface area contributed by atoms with Crippen LogP contribution in [0.1, 0.15) is 31.2 Å². The number of carboxylic acid groups (broad SMARTS) is 1. The lowest BCUT2D eigenvalue weighted by atomic mass is 9.93.